The van der Waals surface area contributed by atoms with Gasteiger partial charge in [-0.05, 0) is 33.6 Å². The number of hydrogen-bond donors (Lipinski definition) is 1. The highest BCUT2D eigenvalue weighted by Crippen LogP contribution is 2.16. The molecule has 108 valence electrons. The van der Waals surface area contributed by atoms with Crippen molar-refractivity contribution in [1.82, 2.24) is 10.2 Å². The van der Waals surface area contributed by atoms with Gasteiger partial charge in [0, 0.05) is 6.54 Å². The first-order valence-electron chi connectivity index (χ1n) is 6.18. The SMILES string of the molecule is CC(C)(C)OC(=O)NCC(=O)N1CCC[C@@H]1C(=O)[O-]. The molecule has 0 unspecified atom stereocenters. The largest absolute Gasteiger partial charge is 0.548 e. The molecule has 1 aliphatic rings. The highest BCUT2D eigenvalue weighted by atomic mass is 16.6. The van der Waals surface area contributed by atoms with Crippen LogP contribution in [0, 0.1) is 0 Å². The van der Waals surface area contributed by atoms with Gasteiger partial charge in [-0.3, -0.25) is 4.79 Å². The molecule has 1 N–H and O–H groups in total. The summed E-state index contributed by atoms with van der Waals surface area (Å²) in [7, 11) is 0. The average Bonchev–Trinajstić information content (AvgIpc) is 2.72. The number of hydrogen-bond acceptors (Lipinski definition) is 5. The maximum absolute atomic E-state index is 11.8. The minimum atomic E-state index is -1.26. The highest BCUT2D eigenvalue weighted by molar-refractivity contribution is 5.86. The number of nitrogens with zero attached hydrogens (tertiary/aromatic N) is 1. The molecule has 0 aliphatic carbocycles. The second kappa shape index (κ2) is 5.90. The van der Waals surface area contributed by atoms with E-state index in [1.54, 1.807) is 20.8 Å². The number of ether oxygens (including phenoxy) is 1. The van der Waals surface area contributed by atoms with Crippen LogP contribution in [-0.4, -0.2) is 47.6 Å². The Bertz CT molecular complexity index is 375. The van der Waals surface area contributed by atoms with E-state index in [1.165, 1.54) is 4.90 Å². The zero-order chi connectivity index (χ0) is 14.6. The molecule has 0 aromatic heterocycles. The molecule has 0 radical (unpaired) electrons. The average molecular weight is 271 g/mol. The minimum Gasteiger partial charge on any atom is -0.548 e. The van der Waals surface area contributed by atoms with Gasteiger partial charge in [-0.1, -0.05) is 0 Å². The molecule has 1 atom stereocenters. The first-order chi connectivity index (χ1) is 8.70. The Morgan fingerprint density at radius 2 is 2.00 bits per heavy atom. The van der Waals surface area contributed by atoms with Crippen molar-refractivity contribution in [3.05, 3.63) is 0 Å². The third-order valence-electron chi connectivity index (χ3n) is 2.63. The number of rotatable bonds is 3. The quantitative estimate of drug-likeness (QED) is 0.728. The van der Waals surface area contributed by atoms with Crippen LogP contribution in [0.1, 0.15) is 33.6 Å². The Morgan fingerprint density at radius 3 is 2.53 bits per heavy atom. The summed E-state index contributed by atoms with van der Waals surface area (Å²) in [5, 5.41) is 13.1. The van der Waals surface area contributed by atoms with Crippen LogP contribution < -0.4 is 10.4 Å². The molecular weight excluding hydrogens is 252 g/mol. The predicted octanol–water partition coefficient (Wildman–Crippen LogP) is -0.748. The van der Waals surface area contributed by atoms with E-state index in [-0.39, 0.29) is 6.54 Å². The van der Waals surface area contributed by atoms with Crippen molar-refractivity contribution in [2.24, 2.45) is 0 Å². The molecule has 0 saturated carbocycles. The summed E-state index contributed by atoms with van der Waals surface area (Å²) in [6.45, 7) is 5.22. The standard InChI is InChI=1S/C12H20N2O5/c1-12(2,3)19-11(18)13-7-9(15)14-6-4-5-8(14)10(16)17/h8H,4-7H2,1-3H3,(H,13,18)(H,16,17)/p-1/t8-/m1/s1. The van der Waals surface area contributed by atoms with Crippen LogP contribution in [0.15, 0.2) is 0 Å². The summed E-state index contributed by atoms with van der Waals surface area (Å²) in [5.74, 6) is -1.71. The number of carboxylic acid groups (broad SMARTS) is 1. The molecule has 2 amide bonds. The van der Waals surface area contributed by atoms with Crippen LogP contribution in [0.4, 0.5) is 4.79 Å². The van der Waals surface area contributed by atoms with E-state index in [1.807, 2.05) is 0 Å². The lowest BCUT2D eigenvalue weighted by molar-refractivity contribution is -0.310. The summed E-state index contributed by atoms with van der Waals surface area (Å²) >= 11 is 0. The Morgan fingerprint density at radius 1 is 1.37 bits per heavy atom. The fourth-order valence-electron chi connectivity index (χ4n) is 1.87. The van der Waals surface area contributed by atoms with Crippen LogP contribution in [0.2, 0.25) is 0 Å². The van der Waals surface area contributed by atoms with Crippen molar-refractivity contribution >= 4 is 18.0 Å². The van der Waals surface area contributed by atoms with E-state index < -0.39 is 29.6 Å². The Kier molecular flexibility index (Phi) is 4.74. The van der Waals surface area contributed by atoms with Crippen LogP contribution in [0.25, 0.3) is 0 Å². The predicted molar refractivity (Wildman–Crippen MR) is 64.0 cm³/mol. The van der Waals surface area contributed by atoms with Crippen LogP contribution in [0.3, 0.4) is 0 Å². The summed E-state index contributed by atoms with van der Waals surface area (Å²) in [6, 6.07) is -0.895. The van der Waals surface area contributed by atoms with Crippen molar-refractivity contribution in [3.8, 4) is 0 Å². The summed E-state index contributed by atoms with van der Waals surface area (Å²) in [6.07, 6.45) is 0.308. The number of carbonyl (C=O) groups is 3. The van der Waals surface area contributed by atoms with Gasteiger partial charge in [0.05, 0.1) is 12.0 Å². The number of likely N-dealkylation sites (tertiary alicyclic amines) is 1. The smallest absolute Gasteiger partial charge is 0.408 e. The van der Waals surface area contributed by atoms with Gasteiger partial charge < -0.3 is 24.9 Å². The zero-order valence-corrected chi connectivity index (χ0v) is 11.4. The van der Waals surface area contributed by atoms with Crippen molar-refractivity contribution in [1.29, 1.82) is 0 Å². The lowest BCUT2D eigenvalue weighted by atomic mass is 10.2. The van der Waals surface area contributed by atoms with Crippen molar-refractivity contribution in [3.63, 3.8) is 0 Å². The van der Waals surface area contributed by atoms with Gasteiger partial charge in [0.2, 0.25) is 5.91 Å². The monoisotopic (exact) mass is 271 g/mol. The molecular formula is C12H19N2O5-. The second-order valence-electron chi connectivity index (χ2n) is 5.42. The van der Waals surface area contributed by atoms with Gasteiger partial charge >= 0.3 is 6.09 Å². The van der Waals surface area contributed by atoms with E-state index >= 15 is 0 Å². The first kappa shape index (κ1) is 15.3. The molecule has 0 aromatic carbocycles. The van der Waals surface area contributed by atoms with E-state index in [9.17, 15) is 19.5 Å². The molecule has 1 rings (SSSR count). The highest BCUT2D eigenvalue weighted by Gasteiger charge is 2.29. The molecule has 7 nitrogen and oxygen atoms in total. The number of aliphatic carboxylic acids is 1. The summed E-state index contributed by atoms with van der Waals surface area (Å²) < 4.78 is 4.98. The van der Waals surface area contributed by atoms with Gasteiger partial charge in [0.15, 0.2) is 0 Å². The zero-order valence-electron chi connectivity index (χ0n) is 11.4. The molecule has 1 saturated heterocycles. The molecule has 19 heavy (non-hydrogen) atoms. The molecule has 0 spiro atoms. The topological polar surface area (TPSA) is 98.8 Å². The van der Waals surface area contributed by atoms with Gasteiger partial charge in [-0.2, -0.15) is 0 Å². The molecule has 7 heteroatoms. The van der Waals surface area contributed by atoms with Gasteiger partial charge in [-0.25, -0.2) is 4.79 Å². The van der Waals surface area contributed by atoms with E-state index in [2.05, 4.69) is 5.32 Å². The lowest BCUT2D eigenvalue weighted by Gasteiger charge is -2.26. The Balaban J connectivity index is 2.43. The molecule has 1 fully saturated rings. The second-order valence-corrected chi connectivity index (χ2v) is 5.42. The Hall–Kier alpha value is -1.79. The van der Waals surface area contributed by atoms with E-state index in [0.29, 0.717) is 19.4 Å². The van der Waals surface area contributed by atoms with Gasteiger partial charge in [0.25, 0.3) is 0 Å². The van der Waals surface area contributed by atoms with Gasteiger partial charge in [-0.15, -0.1) is 0 Å². The van der Waals surface area contributed by atoms with E-state index in [0.717, 1.165) is 0 Å². The number of carbonyl (C=O) groups excluding carboxylic acids is 3. The maximum Gasteiger partial charge on any atom is 0.408 e. The number of alkyl carbamates (subject to hydrolysis) is 1. The van der Waals surface area contributed by atoms with Crippen LogP contribution in [-0.2, 0) is 14.3 Å². The summed E-state index contributed by atoms with van der Waals surface area (Å²) in [5.41, 5.74) is -0.645. The van der Waals surface area contributed by atoms with E-state index in [4.69, 9.17) is 4.74 Å². The normalized spacial score (nSPS) is 19.1. The molecule has 1 heterocycles. The number of amides is 2. The minimum absolute atomic E-state index is 0.279. The fourth-order valence-corrected chi connectivity index (χ4v) is 1.87. The van der Waals surface area contributed by atoms with Gasteiger partial charge in [0.1, 0.15) is 12.1 Å². The van der Waals surface area contributed by atoms with Crippen molar-refractivity contribution < 1.29 is 24.2 Å². The number of carboxylic acids is 1. The first-order valence-corrected chi connectivity index (χ1v) is 6.18. The molecule has 0 aromatic rings. The van der Waals surface area contributed by atoms with Crippen LogP contribution in [0.5, 0.6) is 0 Å². The summed E-state index contributed by atoms with van der Waals surface area (Å²) in [4.78, 5) is 35.2. The maximum atomic E-state index is 11.8. The number of nitrogens with one attached hydrogen (secondary N) is 1. The van der Waals surface area contributed by atoms with Crippen molar-refractivity contribution in [2.75, 3.05) is 13.1 Å². The molecule has 0 bridgehead atoms. The van der Waals surface area contributed by atoms with Crippen LogP contribution >= 0.6 is 0 Å². The fraction of sp³-hybridized carbons (Fsp3) is 0.750. The third kappa shape index (κ3) is 4.76. The van der Waals surface area contributed by atoms with Crippen molar-refractivity contribution in [2.45, 2.75) is 45.3 Å². The lowest BCUT2D eigenvalue weighted by Crippen LogP contribution is -2.50. The Labute approximate surface area is 111 Å². The molecule has 1 aliphatic heterocycles. The third-order valence-corrected chi connectivity index (χ3v) is 2.63.